The summed E-state index contributed by atoms with van der Waals surface area (Å²) < 4.78 is 0. The van der Waals surface area contributed by atoms with E-state index < -0.39 is 10.8 Å². The Kier molecular flexibility index (Phi) is 6.43. The van der Waals surface area contributed by atoms with E-state index in [1.54, 1.807) is 43.4 Å². The van der Waals surface area contributed by atoms with Gasteiger partial charge in [0.2, 0.25) is 0 Å². The average molecular weight is 396 g/mol. The molecular formula is C21H24N4O4. The molecule has 2 N–H and O–H groups in total. The summed E-state index contributed by atoms with van der Waals surface area (Å²) >= 11 is 0. The van der Waals surface area contributed by atoms with E-state index in [9.17, 15) is 19.7 Å². The molecule has 1 heterocycles. The molecule has 0 bridgehead atoms. The van der Waals surface area contributed by atoms with Gasteiger partial charge in [-0.2, -0.15) is 0 Å². The van der Waals surface area contributed by atoms with Crippen molar-refractivity contribution in [3.63, 3.8) is 0 Å². The second kappa shape index (κ2) is 9.18. The van der Waals surface area contributed by atoms with Crippen LogP contribution in [0.2, 0.25) is 0 Å². The summed E-state index contributed by atoms with van der Waals surface area (Å²) in [6.45, 7) is 1.56. The van der Waals surface area contributed by atoms with Crippen LogP contribution in [-0.4, -0.2) is 36.9 Å². The maximum absolute atomic E-state index is 12.6. The van der Waals surface area contributed by atoms with Crippen LogP contribution < -0.4 is 15.5 Å². The molecule has 0 radical (unpaired) electrons. The first-order valence-electron chi connectivity index (χ1n) is 9.66. The summed E-state index contributed by atoms with van der Waals surface area (Å²) in [6, 6.07) is 11.0. The summed E-state index contributed by atoms with van der Waals surface area (Å²) in [5, 5.41) is 16.9. The largest absolute Gasteiger partial charge is 0.366 e. The van der Waals surface area contributed by atoms with Crippen molar-refractivity contribution in [1.82, 2.24) is 5.32 Å². The van der Waals surface area contributed by atoms with E-state index >= 15 is 0 Å². The number of carbonyl (C=O) groups is 2. The first-order valence-corrected chi connectivity index (χ1v) is 9.66. The third kappa shape index (κ3) is 4.90. The van der Waals surface area contributed by atoms with E-state index in [1.807, 2.05) is 4.90 Å². The van der Waals surface area contributed by atoms with Gasteiger partial charge in [-0.15, -0.1) is 0 Å². The Balaban J connectivity index is 1.79. The minimum atomic E-state index is -0.441. The van der Waals surface area contributed by atoms with Gasteiger partial charge in [0.05, 0.1) is 4.92 Å². The number of hydrogen-bond acceptors (Lipinski definition) is 5. The Morgan fingerprint density at radius 1 is 0.931 bits per heavy atom. The fraction of sp³-hybridized carbons (Fsp3) is 0.333. The van der Waals surface area contributed by atoms with Crippen LogP contribution in [0.4, 0.5) is 17.1 Å². The smallest absolute Gasteiger partial charge is 0.293 e. The fourth-order valence-corrected chi connectivity index (χ4v) is 3.44. The second-order valence-electron chi connectivity index (χ2n) is 6.97. The average Bonchev–Trinajstić information content (AvgIpc) is 3.02. The summed E-state index contributed by atoms with van der Waals surface area (Å²) in [7, 11) is 1.54. The minimum absolute atomic E-state index is 0.0606. The Labute approximate surface area is 169 Å². The molecule has 0 spiro atoms. The number of rotatable bonds is 5. The van der Waals surface area contributed by atoms with Crippen LogP contribution in [0, 0.1) is 10.1 Å². The zero-order chi connectivity index (χ0) is 20.8. The van der Waals surface area contributed by atoms with Crippen molar-refractivity contribution in [2.75, 3.05) is 30.4 Å². The van der Waals surface area contributed by atoms with Crippen molar-refractivity contribution in [3.8, 4) is 0 Å². The molecule has 0 saturated carbocycles. The Morgan fingerprint density at radius 2 is 1.55 bits per heavy atom. The van der Waals surface area contributed by atoms with Crippen LogP contribution in [0.15, 0.2) is 42.5 Å². The number of carbonyl (C=O) groups excluding carboxylic acids is 2. The van der Waals surface area contributed by atoms with Gasteiger partial charge in [-0.3, -0.25) is 19.7 Å². The van der Waals surface area contributed by atoms with Crippen molar-refractivity contribution >= 4 is 28.9 Å². The molecule has 0 unspecified atom stereocenters. The SMILES string of the molecule is CNC(=O)c1ccc(NC(=O)c2ccc(N3CCCCCC3)c([N+](=O)[O-])c2)cc1. The van der Waals surface area contributed by atoms with Gasteiger partial charge in [0.15, 0.2) is 0 Å². The third-order valence-electron chi connectivity index (χ3n) is 5.01. The number of benzene rings is 2. The van der Waals surface area contributed by atoms with Crippen LogP contribution in [0.1, 0.15) is 46.4 Å². The fourth-order valence-electron chi connectivity index (χ4n) is 3.44. The predicted molar refractivity (Wildman–Crippen MR) is 112 cm³/mol. The van der Waals surface area contributed by atoms with Gasteiger partial charge in [-0.05, 0) is 49.2 Å². The van der Waals surface area contributed by atoms with Crippen molar-refractivity contribution in [1.29, 1.82) is 0 Å². The molecule has 8 nitrogen and oxygen atoms in total. The molecule has 0 aromatic heterocycles. The van der Waals surface area contributed by atoms with E-state index in [4.69, 9.17) is 0 Å². The monoisotopic (exact) mass is 396 g/mol. The van der Waals surface area contributed by atoms with Crippen LogP contribution in [0.5, 0.6) is 0 Å². The lowest BCUT2D eigenvalue weighted by molar-refractivity contribution is -0.384. The van der Waals surface area contributed by atoms with Crippen LogP contribution >= 0.6 is 0 Å². The topological polar surface area (TPSA) is 105 Å². The molecule has 0 atom stereocenters. The molecule has 1 fully saturated rings. The lowest BCUT2D eigenvalue weighted by Crippen LogP contribution is -2.25. The standard InChI is InChI=1S/C21H24N4O4/c1-22-20(26)15-6-9-17(10-7-15)23-21(27)16-8-11-18(19(14-16)25(28)29)24-12-4-2-3-5-13-24/h6-11,14H,2-5,12-13H2,1H3,(H,22,26)(H,23,27). The molecule has 3 rings (SSSR count). The van der Waals surface area contributed by atoms with E-state index in [2.05, 4.69) is 10.6 Å². The Hall–Kier alpha value is -3.42. The molecule has 29 heavy (non-hydrogen) atoms. The first kappa shape index (κ1) is 20.3. The summed E-state index contributed by atoms with van der Waals surface area (Å²) in [5.41, 5.74) is 1.69. The van der Waals surface area contributed by atoms with E-state index in [-0.39, 0.29) is 17.2 Å². The second-order valence-corrected chi connectivity index (χ2v) is 6.97. The number of nitrogens with one attached hydrogen (secondary N) is 2. The highest BCUT2D eigenvalue weighted by Crippen LogP contribution is 2.31. The van der Waals surface area contributed by atoms with E-state index in [1.165, 1.54) is 6.07 Å². The summed E-state index contributed by atoms with van der Waals surface area (Å²) in [4.78, 5) is 37.4. The summed E-state index contributed by atoms with van der Waals surface area (Å²) in [5.74, 6) is -0.661. The number of nitro benzene ring substituents is 1. The number of amides is 2. The van der Waals surface area contributed by atoms with Crippen molar-refractivity contribution in [2.24, 2.45) is 0 Å². The highest BCUT2D eigenvalue weighted by molar-refractivity contribution is 6.05. The number of nitro groups is 1. The maximum Gasteiger partial charge on any atom is 0.293 e. The molecule has 1 saturated heterocycles. The molecule has 2 aromatic rings. The lowest BCUT2D eigenvalue weighted by Gasteiger charge is -2.22. The Morgan fingerprint density at radius 3 is 2.14 bits per heavy atom. The zero-order valence-corrected chi connectivity index (χ0v) is 16.3. The van der Waals surface area contributed by atoms with Gasteiger partial charge in [-0.25, -0.2) is 0 Å². The molecular weight excluding hydrogens is 372 g/mol. The van der Waals surface area contributed by atoms with E-state index in [0.717, 1.165) is 38.8 Å². The molecule has 0 aliphatic carbocycles. The normalized spacial score (nSPS) is 14.0. The van der Waals surface area contributed by atoms with Crippen LogP contribution in [0.3, 0.4) is 0 Å². The van der Waals surface area contributed by atoms with Crippen molar-refractivity contribution in [2.45, 2.75) is 25.7 Å². The van der Waals surface area contributed by atoms with Crippen molar-refractivity contribution in [3.05, 3.63) is 63.7 Å². The van der Waals surface area contributed by atoms with Gasteiger partial charge in [0.25, 0.3) is 17.5 Å². The predicted octanol–water partition coefficient (Wildman–Crippen LogP) is 3.59. The first-order chi connectivity index (χ1) is 14.0. The molecule has 152 valence electrons. The van der Waals surface area contributed by atoms with Gasteiger partial charge >= 0.3 is 0 Å². The molecule has 2 amide bonds. The number of anilines is 2. The summed E-state index contributed by atoms with van der Waals surface area (Å²) in [6.07, 6.45) is 4.27. The maximum atomic E-state index is 12.6. The third-order valence-corrected chi connectivity index (χ3v) is 5.01. The highest BCUT2D eigenvalue weighted by Gasteiger charge is 2.22. The number of hydrogen-bond donors (Lipinski definition) is 2. The molecule has 1 aliphatic rings. The van der Waals surface area contributed by atoms with E-state index in [0.29, 0.717) is 16.9 Å². The molecule has 8 heteroatoms. The minimum Gasteiger partial charge on any atom is -0.366 e. The van der Waals surface area contributed by atoms with Gasteiger partial charge < -0.3 is 15.5 Å². The van der Waals surface area contributed by atoms with Crippen molar-refractivity contribution < 1.29 is 14.5 Å². The molecule has 2 aromatic carbocycles. The lowest BCUT2D eigenvalue weighted by atomic mass is 10.1. The Bertz CT molecular complexity index is 903. The quantitative estimate of drug-likeness (QED) is 0.594. The zero-order valence-electron chi connectivity index (χ0n) is 16.3. The van der Waals surface area contributed by atoms with Gasteiger partial charge in [-0.1, -0.05) is 12.8 Å². The van der Waals surface area contributed by atoms with Crippen LogP contribution in [-0.2, 0) is 0 Å². The number of nitrogens with zero attached hydrogens (tertiary/aromatic N) is 2. The van der Waals surface area contributed by atoms with Gasteiger partial charge in [0.1, 0.15) is 5.69 Å². The molecule has 1 aliphatic heterocycles. The van der Waals surface area contributed by atoms with Crippen LogP contribution in [0.25, 0.3) is 0 Å². The van der Waals surface area contributed by atoms with Gasteiger partial charge in [0, 0.05) is 43.0 Å². The highest BCUT2D eigenvalue weighted by atomic mass is 16.6.